The molecule has 0 bridgehead atoms. The van der Waals surface area contributed by atoms with Crippen molar-refractivity contribution in [2.45, 2.75) is 0 Å². The van der Waals surface area contributed by atoms with Gasteiger partial charge in [0.25, 0.3) is 0 Å². The number of thiazole rings is 1. The van der Waals surface area contributed by atoms with Crippen molar-refractivity contribution in [2.75, 3.05) is 13.7 Å². The molecule has 0 aliphatic carbocycles. The number of nitrogens with zero attached hydrogens (tertiary/aromatic N) is 1. The Morgan fingerprint density at radius 1 is 1.60 bits per heavy atom. The van der Waals surface area contributed by atoms with Gasteiger partial charge in [0, 0.05) is 0 Å². The van der Waals surface area contributed by atoms with Crippen molar-refractivity contribution in [2.24, 2.45) is 5.73 Å². The molecule has 0 spiro atoms. The summed E-state index contributed by atoms with van der Waals surface area (Å²) >= 11 is 1.51. The second kappa shape index (κ2) is 3.96. The van der Waals surface area contributed by atoms with Crippen LogP contribution in [0.25, 0.3) is 10.2 Å². The first-order valence-corrected chi connectivity index (χ1v) is 5.29. The van der Waals surface area contributed by atoms with E-state index in [2.05, 4.69) is 4.98 Å². The highest BCUT2D eigenvalue weighted by molar-refractivity contribution is 7.16. The number of carbonyl (C=O) groups excluding carboxylic acids is 1. The van der Waals surface area contributed by atoms with E-state index in [1.165, 1.54) is 18.4 Å². The molecule has 0 saturated carbocycles. The molecule has 0 aliphatic heterocycles. The second-order valence-electron chi connectivity index (χ2n) is 2.97. The Morgan fingerprint density at radius 3 is 3.07 bits per heavy atom. The van der Waals surface area contributed by atoms with Gasteiger partial charge < -0.3 is 10.5 Å². The summed E-state index contributed by atoms with van der Waals surface area (Å²) in [7, 11) is 1.53. The highest BCUT2D eigenvalue weighted by Gasteiger charge is 2.15. The Morgan fingerprint density at radius 2 is 2.40 bits per heavy atom. The first kappa shape index (κ1) is 10.1. The summed E-state index contributed by atoms with van der Waals surface area (Å²) in [5.41, 5.74) is 8.27. The molecule has 2 N–H and O–H groups in total. The lowest BCUT2D eigenvalue weighted by molar-refractivity contribution is 0.0998. The molecule has 0 atom stereocenters. The highest BCUT2D eigenvalue weighted by Crippen LogP contribution is 2.30. The number of aromatic nitrogens is 1. The van der Waals surface area contributed by atoms with Crippen molar-refractivity contribution in [1.82, 2.24) is 4.98 Å². The SMILES string of the molecule is COc1c(C(=O)CN)ccc2scnc12. The predicted molar refractivity (Wildman–Crippen MR) is 59.6 cm³/mol. The van der Waals surface area contributed by atoms with Crippen LogP contribution < -0.4 is 10.5 Å². The Balaban J connectivity index is 2.69. The normalized spacial score (nSPS) is 10.5. The Kier molecular flexibility index (Phi) is 2.66. The molecule has 0 radical (unpaired) electrons. The molecule has 1 heterocycles. The number of hydrogen-bond donors (Lipinski definition) is 1. The largest absolute Gasteiger partial charge is 0.494 e. The molecule has 1 aromatic heterocycles. The summed E-state index contributed by atoms with van der Waals surface area (Å²) in [5, 5.41) is 0. The van der Waals surface area contributed by atoms with E-state index in [1.807, 2.05) is 6.07 Å². The third kappa shape index (κ3) is 1.60. The molecule has 0 fully saturated rings. The van der Waals surface area contributed by atoms with Crippen molar-refractivity contribution in [1.29, 1.82) is 0 Å². The van der Waals surface area contributed by atoms with Crippen molar-refractivity contribution >= 4 is 27.3 Å². The number of rotatable bonds is 3. The zero-order valence-corrected chi connectivity index (χ0v) is 9.00. The maximum Gasteiger partial charge on any atom is 0.180 e. The maximum absolute atomic E-state index is 11.5. The average molecular weight is 222 g/mol. The minimum atomic E-state index is -0.137. The minimum absolute atomic E-state index is 0.0218. The number of hydrogen-bond acceptors (Lipinski definition) is 5. The van der Waals surface area contributed by atoms with Crippen LogP contribution >= 0.6 is 11.3 Å². The van der Waals surface area contributed by atoms with Gasteiger partial charge in [-0.15, -0.1) is 11.3 Å². The summed E-state index contributed by atoms with van der Waals surface area (Å²) in [5.74, 6) is 0.381. The second-order valence-corrected chi connectivity index (χ2v) is 3.86. The van der Waals surface area contributed by atoms with Crippen LogP contribution in [0.4, 0.5) is 0 Å². The molecule has 2 aromatic rings. The molecule has 0 unspecified atom stereocenters. The van der Waals surface area contributed by atoms with Crippen LogP contribution in [0.1, 0.15) is 10.4 Å². The summed E-state index contributed by atoms with van der Waals surface area (Å²) in [6.45, 7) is -0.0218. The molecular weight excluding hydrogens is 212 g/mol. The van der Waals surface area contributed by atoms with Crippen LogP contribution in [0.5, 0.6) is 5.75 Å². The van der Waals surface area contributed by atoms with Gasteiger partial charge in [0.15, 0.2) is 11.5 Å². The number of Topliss-reactive ketones (excluding diaryl/α,β-unsaturated/α-hetero) is 1. The van der Waals surface area contributed by atoms with Gasteiger partial charge in [0.1, 0.15) is 5.52 Å². The smallest absolute Gasteiger partial charge is 0.180 e. The predicted octanol–water partition coefficient (Wildman–Crippen LogP) is 1.45. The average Bonchev–Trinajstić information content (AvgIpc) is 2.74. The molecule has 5 heteroatoms. The quantitative estimate of drug-likeness (QED) is 0.798. The molecule has 1 aromatic carbocycles. The fourth-order valence-electron chi connectivity index (χ4n) is 1.44. The number of nitrogens with two attached hydrogens (primary N) is 1. The van der Waals surface area contributed by atoms with Gasteiger partial charge in [0.05, 0.1) is 29.4 Å². The summed E-state index contributed by atoms with van der Waals surface area (Å²) in [4.78, 5) is 15.7. The van der Waals surface area contributed by atoms with Crippen molar-refractivity contribution < 1.29 is 9.53 Å². The fourth-order valence-corrected chi connectivity index (χ4v) is 2.12. The van der Waals surface area contributed by atoms with E-state index in [4.69, 9.17) is 10.5 Å². The number of ether oxygens (including phenoxy) is 1. The number of fused-ring (bicyclic) bond motifs is 1. The van der Waals surface area contributed by atoms with Gasteiger partial charge >= 0.3 is 0 Å². The van der Waals surface area contributed by atoms with Crippen molar-refractivity contribution in [3.8, 4) is 5.75 Å². The van der Waals surface area contributed by atoms with Crippen LogP contribution in [-0.2, 0) is 0 Å². The van der Waals surface area contributed by atoms with E-state index in [-0.39, 0.29) is 12.3 Å². The van der Waals surface area contributed by atoms with Gasteiger partial charge in [-0.3, -0.25) is 4.79 Å². The van der Waals surface area contributed by atoms with Crippen LogP contribution in [0.15, 0.2) is 17.6 Å². The van der Waals surface area contributed by atoms with Crippen molar-refractivity contribution in [3.05, 3.63) is 23.2 Å². The lowest BCUT2D eigenvalue weighted by Crippen LogP contribution is -2.14. The highest BCUT2D eigenvalue weighted by atomic mass is 32.1. The van der Waals surface area contributed by atoms with E-state index in [9.17, 15) is 4.79 Å². The van der Waals surface area contributed by atoms with Gasteiger partial charge in [-0.2, -0.15) is 0 Å². The lowest BCUT2D eigenvalue weighted by atomic mass is 10.1. The Hall–Kier alpha value is -1.46. The number of methoxy groups -OCH3 is 1. The molecule has 0 saturated heterocycles. The molecule has 0 amide bonds. The summed E-state index contributed by atoms with van der Waals surface area (Å²) in [6.07, 6.45) is 0. The fraction of sp³-hybridized carbons (Fsp3) is 0.200. The van der Waals surface area contributed by atoms with Crippen molar-refractivity contribution in [3.63, 3.8) is 0 Å². The monoisotopic (exact) mass is 222 g/mol. The minimum Gasteiger partial charge on any atom is -0.494 e. The topological polar surface area (TPSA) is 65.2 Å². The van der Waals surface area contributed by atoms with Gasteiger partial charge in [0.2, 0.25) is 0 Å². The van der Waals surface area contributed by atoms with Crippen LogP contribution in [0, 0.1) is 0 Å². The maximum atomic E-state index is 11.5. The zero-order valence-electron chi connectivity index (χ0n) is 8.19. The van der Waals surface area contributed by atoms with E-state index >= 15 is 0 Å². The molecule has 78 valence electrons. The first-order valence-electron chi connectivity index (χ1n) is 4.41. The Bertz CT molecular complexity index is 507. The van der Waals surface area contributed by atoms with E-state index in [1.54, 1.807) is 11.6 Å². The van der Waals surface area contributed by atoms with Crippen LogP contribution in [0.2, 0.25) is 0 Å². The molecular formula is C10H10N2O2S. The van der Waals surface area contributed by atoms with Gasteiger partial charge in [-0.25, -0.2) is 4.98 Å². The van der Waals surface area contributed by atoms with Gasteiger partial charge in [-0.1, -0.05) is 0 Å². The molecule has 0 aliphatic rings. The van der Waals surface area contributed by atoms with E-state index < -0.39 is 0 Å². The third-order valence-electron chi connectivity index (χ3n) is 2.15. The summed E-state index contributed by atoms with van der Waals surface area (Å²) in [6, 6.07) is 3.59. The van der Waals surface area contributed by atoms with Crippen LogP contribution in [0.3, 0.4) is 0 Å². The lowest BCUT2D eigenvalue weighted by Gasteiger charge is -2.06. The van der Waals surface area contributed by atoms with E-state index in [0.717, 1.165) is 10.2 Å². The molecule has 4 nitrogen and oxygen atoms in total. The zero-order chi connectivity index (χ0) is 10.8. The molecule has 2 rings (SSSR count). The third-order valence-corrected chi connectivity index (χ3v) is 2.94. The van der Waals surface area contributed by atoms with Crippen LogP contribution in [-0.4, -0.2) is 24.4 Å². The standard InChI is InChI=1S/C10H10N2O2S/c1-14-10-6(7(13)4-11)2-3-8-9(10)12-5-15-8/h2-3,5H,4,11H2,1H3. The number of ketones is 1. The van der Waals surface area contributed by atoms with E-state index in [0.29, 0.717) is 11.3 Å². The number of benzene rings is 1. The van der Waals surface area contributed by atoms with Gasteiger partial charge in [-0.05, 0) is 12.1 Å². The first-order chi connectivity index (χ1) is 7.27. The summed E-state index contributed by atoms with van der Waals surface area (Å²) < 4.78 is 6.21. The molecule has 15 heavy (non-hydrogen) atoms. The number of carbonyl (C=O) groups is 1. The Labute approximate surface area is 90.7 Å².